The smallest absolute Gasteiger partial charge is 0.269 e. The van der Waals surface area contributed by atoms with Gasteiger partial charge in [-0.05, 0) is 127 Å². The lowest BCUT2D eigenvalue weighted by Crippen LogP contribution is -2.58. The highest BCUT2D eigenvalue weighted by Gasteiger charge is 2.37. The van der Waals surface area contributed by atoms with Gasteiger partial charge in [-0.3, -0.25) is 4.98 Å². The number of anilines is 7. The Balaban J connectivity index is 1.11. The van der Waals surface area contributed by atoms with E-state index in [2.05, 4.69) is 196 Å². The van der Waals surface area contributed by atoms with Crippen LogP contribution in [0.5, 0.6) is 11.5 Å². The summed E-state index contributed by atoms with van der Waals surface area (Å²) in [7, 11) is 0. The normalized spacial score (nSPS) is 13.4. The van der Waals surface area contributed by atoms with E-state index in [0.717, 1.165) is 45.3 Å². The summed E-state index contributed by atoms with van der Waals surface area (Å²) in [6.45, 7) is 14.0. The number of para-hydroxylation sites is 4. The van der Waals surface area contributed by atoms with Crippen LogP contribution in [0.4, 0.5) is 39.8 Å². The number of hydrogen-bond acceptors (Lipinski definition) is 5. The summed E-state index contributed by atoms with van der Waals surface area (Å²) in [6.07, 6.45) is 1.96. The molecule has 0 saturated carbocycles. The van der Waals surface area contributed by atoms with Gasteiger partial charge in [-0.15, -0.1) is 0 Å². The summed E-state index contributed by atoms with van der Waals surface area (Å²) in [6, 6.07) is 52.0. The van der Waals surface area contributed by atoms with Gasteiger partial charge in [-0.1, -0.05) is 93.1 Å². The van der Waals surface area contributed by atoms with Crippen LogP contribution in [0.1, 0.15) is 43.0 Å². The summed E-state index contributed by atoms with van der Waals surface area (Å²) in [5.74, 6) is 1.58. The molecule has 1 aromatic heterocycles. The Labute approximate surface area is 325 Å². The van der Waals surface area contributed by atoms with E-state index in [1.54, 1.807) is 0 Å². The maximum absolute atomic E-state index is 6.81. The topological polar surface area (TPSA) is 31.8 Å². The van der Waals surface area contributed by atoms with Crippen molar-refractivity contribution >= 4 is 63.0 Å². The fraction of sp³-hybridized carbons (Fsp3) is 0.163. The van der Waals surface area contributed by atoms with Crippen LogP contribution in [0.3, 0.4) is 0 Å². The highest BCUT2D eigenvalue weighted by molar-refractivity contribution is 6.97. The SMILES string of the molecule is Cc1cc(C)c(N2CN(c3cccc(Oc4ccc5c(c4)B(c4cc(C(C)(C)C)ccn4)c4ccccc4N5c4ccccc4)c3)c3ccccc32)c(C)c1. The van der Waals surface area contributed by atoms with Crippen molar-refractivity contribution in [3.63, 3.8) is 0 Å². The van der Waals surface area contributed by atoms with Crippen molar-refractivity contribution in [2.24, 2.45) is 0 Å². The molecule has 2 aliphatic heterocycles. The number of hydrogen-bond donors (Lipinski definition) is 0. The Hall–Kier alpha value is -6.27. The Kier molecular flexibility index (Phi) is 8.50. The van der Waals surface area contributed by atoms with Crippen molar-refractivity contribution < 1.29 is 4.74 Å². The predicted octanol–water partition coefficient (Wildman–Crippen LogP) is 10.6. The molecule has 0 atom stereocenters. The van der Waals surface area contributed by atoms with Gasteiger partial charge in [0.15, 0.2) is 0 Å². The van der Waals surface area contributed by atoms with Crippen LogP contribution in [-0.4, -0.2) is 18.4 Å². The minimum absolute atomic E-state index is 0.00850. The van der Waals surface area contributed by atoms with E-state index in [1.807, 2.05) is 12.3 Å². The molecule has 0 bridgehead atoms. The van der Waals surface area contributed by atoms with Gasteiger partial charge >= 0.3 is 0 Å². The van der Waals surface area contributed by atoms with Crippen LogP contribution in [0.2, 0.25) is 0 Å². The average Bonchev–Trinajstić information content (AvgIpc) is 3.56. The van der Waals surface area contributed by atoms with Crippen molar-refractivity contribution in [1.29, 1.82) is 0 Å². The highest BCUT2D eigenvalue weighted by atomic mass is 16.5. The van der Waals surface area contributed by atoms with Gasteiger partial charge < -0.3 is 19.4 Å². The quantitative estimate of drug-likeness (QED) is 0.160. The lowest BCUT2D eigenvalue weighted by Gasteiger charge is -2.37. The number of rotatable bonds is 6. The largest absolute Gasteiger partial charge is 0.457 e. The zero-order chi connectivity index (χ0) is 37.8. The summed E-state index contributed by atoms with van der Waals surface area (Å²) >= 11 is 0. The lowest BCUT2D eigenvalue weighted by molar-refractivity contribution is 0.483. The summed E-state index contributed by atoms with van der Waals surface area (Å²) in [4.78, 5) is 12.2. The van der Waals surface area contributed by atoms with Gasteiger partial charge in [0.05, 0.1) is 11.4 Å². The maximum Gasteiger partial charge on any atom is 0.269 e. The van der Waals surface area contributed by atoms with Gasteiger partial charge in [-0.25, -0.2) is 0 Å². The molecule has 0 saturated heterocycles. The van der Waals surface area contributed by atoms with Crippen LogP contribution < -0.4 is 36.0 Å². The van der Waals surface area contributed by atoms with Crippen molar-refractivity contribution in [2.45, 2.75) is 47.0 Å². The molecule has 6 heteroatoms. The number of fused-ring (bicyclic) bond motifs is 3. The molecule has 2 aliphatic rings. The van der Waals surface area contributed by atoms with Crippen molar-refractivity contribution in [3.8, 4) is 11.5 Å². The van der Waals surface area contributed by atoms with Crippen LogP contribution in [0.15, 0.2) is 152 Å². The van der Waals surface area contributed by atoms with Gasteiger partial charge in [0, 0.05) is 46.3 Å². The third-order valence-corrected chi connectivity index (χ3v) is 11.0. The second-order valence-corrected chi connectivity index (χ2v) is 15.9. The molecule has 9 rings (SSSR count). The van der Waals surface area contributed by atoms with Crippen LogP contribution in [-0.2, 0) is 5.41 Å². The first-order valence-electron chi connectivity index (χ1n) is 19.2. The molecular weight excluding hydrogens is 671 g/mol. The average molecular weight is 717 g/mol. The van der Waals surface area contributed by atoms with E-state index in [0.29, 0.717) is 6.67 Å². The molecule has 0 amide bonds. The number of aromatic nitrogens is 1. The van der Waals surface area contributed by atoms with Gasteiger partial charge in [0.1, 0.15) is 18.2 Å². The molecule has 0 fully saturated rings. The highest BCUT2D eigenvalue weighted by Crippen LogP contribution is 2.46. The van der Waals surface area contributed by atoms with Crippen LogP contribution in [0.25, 0.3) is 0 Å². The fourth-order valence-electron chi connectivity index (χ4n) is 8.59. The number of nitrogens with zero attached hydrogens (tertiary/aromatic N) is 4. The Morgan fingerprint density at radius 2 is 1.20 bits per heavy atom. The van der Waals surface area contributed by atoms with Gasteiger partial charge in [0.25, 0.3) is 6.71 Å². The van der Waals surface area contributed by atoms with Crippen LogP contribution in [0, 0.1) is 20.8 Å². The molecule has 7 aromatic rings. The van der Waals surface area contributed by atoms with Gasteiger partial charge in [-0.2, -0.15) is 0 Å². The Morgan fingerprint density at radius 1 is 0.564 bits per heavy atom. The van der Waals surface area contributed by atoms with E-state index in [-0.39, 0.29) is 12.1 Å². The first-order chi connectivity index (χ1) is 26.6. The fourth-order valence-corrected chi connectivity index (χ4v) is 8.59. The zero-order valence-corrected chi connectivity index (χ0v) is 32.4. The van der Waals surface area contributed by atoms with E-state index < -0.39 is 0 Å². The third-order valence-electron chi connectivity index (χ3n) is 11.0. The summed E-state index contributed by atoms with van der Waals surface area (Å²) < 4.78 is 6.81. The van der Waals surface area contributed by atoms with E-state index in [4.69, 9.17) is 9.72 Å². The molecule has 6 aromatic carbocycles. The lowest BCUT2D eigenvalue weighted by atomic mass is 9.36. The van der Waals surface area contributed by atoms with E-state index in [1.165, 1.54) is 44.8 Å². The standard InChI is InChI=1S/C49H45BN4O/c1-33-27-34(2)48(35(3)28-33)53-32-52(45-21-12-13-22-46(45)53)38-17-14-18-39(30-38)55-40-23-24-44-42(31-40)50(47-29-36(25-26-51-47)49(4,5)6)41-19-10-11-20-43(41)54(44)37-15-8-7-9-16-37/h7-31H,32H2,1-6H3. The minimum atomic E-state index is -0.0795. The molecular formula is C49H45BN4O. The van der Waals surface area contributed by atoms with E-state index >= 15 is 0 Å². The second kappa shape index (κ2) is 13.5. The molecule has 5 nitrogen and oxygen atoms in total. The number of pyridine rings is 1. The number of ether oxygens (including phenoxy) is 1. The third kappa shape index (κ3) is 6.22. The predicted molar refractivity (Wildman–Crippen MR) is 231 cm³/mol. The maximum atomic E-state index is 6.81. The molecule has 55 heavy (non-hydrogen) atoms. The first kappa shape index (κ1) is 34.5. The van der Waals surface area contributed by atoms with Crippen molar-refractivity contribution in [3.05, 3.63) is 174 Å². The number of benzene rings is 6. The Bertz CT molecular complexity index is 2540. The van der Waals surface area contributed by atoms with Gasteiger partial charge in [0.2, 0.25) is 0 Å². The minimum Gasteiger partial charge on any atom is -0.457 e. The second-order valence-electron chi connectivity index (χ2n) is 15.9. The summed E-state index contributed by atoms with van der Waals surface area (Å²) in [5.41, 5.74) is 16.6. The van der Waals surface area contributed by atoms with Crippen LogP contribution >= 0.6 is 0 Å². The molecule has 270 valence electrons. The Morgan fingerprint density at radius 3 is 1.95 bits per heavy atom. The molecule has 3 heterocycles. The summed E-state index contributed by atoms with van der Waals surface area (Å²) in [5, 5.41) is 0. The number of aryl methyl sites for hydroxylation is 3. The molecule has 0 spiro atoms. The first-order valence-corrected chi connectivity index (χ1v) is 19.2. The zero-order valence-electron chi connectivity index (χ0n) is 32.4. The molecule has 0 N–H and O–H groups in total. The molecule has 0 aliphatic carbocycles. The van der Waals surface area contributed by atoms with E-state index in [9.17, 15) is 0 Å². The monoisotopic (exact) mass is 716 g/mol. The molecule has 0 unspecified atom stereocenters. The molecule has 0 radical (unpaired) electrons. The van der Waals surface area contributed by atoms with Crippen molar-refractivity contribution in [1.82, 2.24) is 4.98 Å². The van der Waals surface area contributed by atoms with Crippen molar-refractivity contribution in [2.75, 3.05) is 21.4 Å².